The Bertz CT molecular complexity index is 399. The van der Waals surface area contributed by atoms with E-state index >= 15 is 0 Å². The van der Waals surface area contributed by atoms with Gasteiger partial charge in [0.25, 0.3) is 0 Å². The van der Waals surface area contributed by atoms with E-state index in [4.69, 9.17) is 10.4 Å². The van der Waals surface area contributed by atoms with E-state index in [1.807, 2.05) is 6.07 Å². The van der Waals surface area contributed by atoms with Gasteiger partial charge in [-0.25, -0.2) is 0 Å². The number of carboxylic acids is 1. The second-order valence-electron chi connectivity index (χ2n) is 3.96. The van der Waals surface area contributed by atoms with Crippen molar-refractivity contribution >= 4 is 5.97 Å². The highest BCUT2D eigenvalue weighted by atomic mass is 16.4. The van der Waals surface area contributed by atoms with E-state index in [1.54, 1.807) is 38.1 Å². The number of carbonyl (C=O) groups is 1. The van der Waals surface area contributed by atoms with Crippen LogP contribution in [-0.2, 0) is 16.6 Å². The van der Waals surface area contributed by atoms with Gasteiger partial charge in [-0.05, 0) is 25.0 Å². The van der Waals surface area contributed by atoms with Crippen LogP contribution in [0, 0.1) is 11.3 Å². The van der Waals surface area contributed by atoms with Crippen molar-refractivity contribution in [3.8, 4) is 6.07 Å². The Balaban J connectivity index is 2.99. The highest BCUT2D eigenvalue weighted by molar-refractivity contribution is 5.80. The van der Waals surface area contributed by atoms with Gasteiger partial charge in [-0.15, -0.1) is 0 Å². The minimum absolute atomic E-state index is 0.355. The molecule has 0 radical (unpaired) electrons. The van der Waals surface area contributed by atoms with Crippen molar-refractivity contribution in [2.75, 3.05) is 0 Å². The van der Waals surface area contributed by atoms with E-state index in [9.17, 15) is 4.79 Å². The molecular formula is C12H13NO2. The lowest BCUT2D eigenvalue weighted by Gasteiger charge is -2.19. The predicted molar refractivity (Wildman–Crippen MR) is 56.4 cm³/mol. The lowest BCUT2D eigenvalue weighted by molar-refractivity contribution is -0.142. The summed E-state index contributed by atoms with van der Waals surface area (Å²) in [5.41, 5.74) is 0.768. The number of nitrogens with zero attached hydrogens (tertiary/aromatic N) is 1. The van der Waals surface area contributed by atoms with Gasteiger partial charge < -0.3 is 5.11 Å². The van der Waals surface area contributed by atoms with E-state index in [0.717, 1.165) is 11.1 Å². The zero-order valence-electron chi connectivity index (χ0n) is 8.82. The van der Waals surface area contributed by atoms with Crippen molar-refractivity contribution < 1.29 is 9.90 Å². The minimum atomic E-state index is -0.884. The van der Waals surface area contributed by atoms with Gasteiger partial charge in [-0.2, -0.15) is 5.26 Å². The normalized spacial score (nSPS) is 10.7. The zero-order valence-corrected chi connectivity index (χ0v) is 8.82. The third kappa shape index (κ3) is 2.35. The molecule has 0 aromatic heterocycles. The van der Waals surface area contributed by atoms with E-state index < -0.39 is 11.4 Å². The summed E-state index contributed by atoms with van der Waals surface area (Å²) in [6.07, 6.45) is 0.355. The highest BCUT2D eigenvalue weighted by Gasteiger charge is 2.28. The van der Waals surface area contributed by atoms with Crippen LogP contribution >= 0.6 is 0 Å². The Kier molecular flexibility index (Phi) is 3.11. The first-order valence-corrected chi connectivity index (χ1v) is 4.68. The molecule has 1 aromatic carbocycles. The van der Waals surface area contributed by atoms with Crippen LogP contribution in [0.5, 0.6) is 0 Å². The average Bonchev–Trinajstić information content (AvgIpc) is 2.19. The fourth-order valence-electron chi connectivity index (χ4n) is 1.25. The summed E-state index contributed by atoms with van der Waals surface area (Å²) < 4.78 is 0. The number of carboxylic acid groups (broad SMARTS) is 1. The molecule has 0 aliphatic heterocycles. The van der Waals surface area contributed by atoms with Crippen molar-refractivity contribution in [2.45, 2.75) is 25.7 Å². The summed E-state index contributed by atoms with van der Waals surface area (Å²) in [5.74, 6) is -0.851. The van der Waals surface area contributed by atoms with E-state index in [-0.39, 0.29) is 0 Å². The quantitative estimate of drug-likeness (QED) is 0.818. The topological polar surface area (TPSA) is 61.1 Å². The smallest absolute Gasteiger partial charge is 0.313 e. The lowest BCUT2D eigenvalue weighted by atomic mass is 9.84. The molecule has 1 N–H and O–H groups in total. The number of nitriles is 1. The monoisotopic (exact) mass is 203 g/mol. The summed E-state index contributed by atoms with van der Waals surface area (Å²) in [6, 6.07) is 9.17. The van der Waals surface area contributed by atoms with Crippen LogP contribution in [0.2, 0.25) is 0 Å². The molecule has 0 unspecified atom stereocenters. The zero-order chi connectivity index (χ0) is 11.5. The number of hydrogen-bond acceptors (Lipinski definition) is 2. The van der Waals surface area contributed by atoms with Gasteiger partial charge >= 0.3 is 5.97 Å². The fraction of sp³-hybridized carbons (Fsp3) is 0.333. The number of rotatable bonds is 3. The van der Waals surface area contributed by atoms with Crippen molar-refractivity contribution in [3.05, 3.63) is 35.4 Å². The van der Waals surface area contributed by atoms with Gasteiger partial charge in [-0.1, -0.05) is 24.3 Å². The molecule has 0 saturated carbocycles. The summed E-state index contributed by atoms with van der Waals surface area (Å²) in [7, 11) is 0. The molecular weight excluding hydrogens is 190 g/mol. The second kappa shape index (κ2) is 4.14. The van der Waals surface area contributed by atoms with Crippen LogP contribution in [0.15, 0.2) is 24.3 Å². The third-order valence-corrected chi connectivity index (χ3v) is 2.49. The van der Waals surface area contributed by atoms with Crippen LogP contribution in [0.3, 0.4) is 0 Å². The molecule has 0 amide bonds. The van der Waals surface area contributed by atoms with Crippen LogP contribution in [-0.4, -0.2) is 11.1 Å². The van der Waals surface area contributed by atoms with Gasteiger partial charge in [0.05, 0.1) is 17.9 Å². The first-order chi connectivity index (χ1) is 6.98. The Morgan fingerprint density at radius 1 is 1.40 bits per heavy atom. The molecule has 0 aliphatic rings. The molecule has 15 heavy (non-hydrogen) atoms. The van der Waals surface area contributed by atoms with E-state index in [0.29, 0.717) is 6.42 Å². The molecule has 0 bridgehead atoms. The highest BCUT2D eigenvalue weighted by Crippen LogP contribution is 2.23. The van der Waals surface area contributed by atoms with Crippen LogP contribution in [0.4, 0.5) is 0 Å². The number of benzene rings is 1. The van der Waals surface area contributed by atoms with Gasteiger partial charge in [0.15, 0.2) is 0 Å². The molecule has 3 heteroatoms. The second-order valence-corrected chi connectivity index (χ2v) is 3.96. The Morgan fingerprint density at radius 2 is 1.93 bits per heavy atom. The third-order valence-electron chi connectivity index (χ3n) is 2.49. The fourth-order valence-corrected chi connectivity index (χ4v) is 1.25. The number of hydrogen-bond donors (Lipinski definition) is 1. The maximum absolute atomic E-state index is 11.0. The summed E-state index contributed by atoms with van der Waals surface area (Å²) in [5, 5.41) is 17.5. The first kappa shape index (κ1) is 11.3. The van der Waals surface area contributed by atoms with Crippen molar-refractivity contribution in [2.24, 2.45) is 0 Å². The summed E-state index contributed by atoms with van der Waals surface area (Å²) >= 11 is 0. The van der Waals surface area contributed by atoms with E-state index in [2.05, 4.69) is 0 Å². The first-order valence-electron chi connectivity index (χ1n) is 4.68. The molecule has 0 atom stereocenters. The SMILES string of the molecule is CC(C)(C(=O)O)c1ccc(CC#N)cc1. The predicted octanol–water partition coefficient (Wildman–Crippen LogP) is 2.11. The Hall–Kier alpha value is -1.82. The molecule has 0 saturated heterocycles. The molecule has 1 rings (SSSR count). The summed E-state index contributed by atoms with van der Waals surface area (Å²) in [6.45, 7) is 3.32. The molecule has 0 aliphatic carbocycles. The summed E-state index contributed by atoms with van der Waals surface area (Å²) in [4.78, 5) is 11.0. The molecule has 0 fully saturated rings. The van der Waals surface area contributed by atoms with E-state index in [1.165, 1.54) is 0 Å². The maximum Gasteiger partial charge on any atom is 0.313 e. The van der Waals surface area contributed by atoms with Crippen molar-refractivity contribution in [1.82, 2.24) is 0 Å². The van der Waals surface area contributed by atoms with Crippen LogP contribution < -0.4 is 0 Å². The standard InChI is InChI=1S/C12H13NO2/c1-12(2,11(14)15)10-5-3-9(4-6-10)7-8-13/h3-6H,7H2,1-2H3,(H,14,15). The van der Waals surface area contributed by atoms with Crippen molar-refractivity contribution in [3.63, 3.8) is 0 Å². The lowest BCUT2D eigenvalue weighted by Crippen LogP contribution is -2.28. The van der Waals surface area contributed by atoms with Gasteiger partial charge in [0.1, 0.15) is 0 Å². The Morgan fingerprint density at radius 3 is 2.33 bits per heavy atom. The maximum atomic E-state index is 11.0. The largest absolute Gasteiger partial charge is 0.481 e. The van der Waals surface area contributed by atoms with Gasteiger partial charge in [0.2, 0.25) is 0 Å². The molecule has 1 aromatic rings. The molecule has 3 nitrogen and oxygen atoms in total. The molecule has 0 spiro atoms. The van der Waals surface area contributed by atoms with Crippen molar-refractivity contribution in [1.29, 1.82) is 5.26 Å². The Labute approximate surface area is 89.0 Å². The van der Waals surface area contributed by atoms with Crippen LogP contribution in [0.1, 0.15) is 25.0 Å². The minimum Gasteiger partial charge on any atom is -0.481 e. The van der Waals surface area contributed by atoms with Gasteiger partial charge in [0, 0.05) is 0 Å². The van der Waals surface area contributed by atoms with Gasteiger partial charge in [-0.3, -0.25) is 4.79 Å². The average molecular weight is 203 g/mol. The number of aliphatic carboxylic acids is 1. The van der Waals surface area contributed by atoms with Crippen LogP contribution in [0.25, 0.3) is 0 Å². The molecule has 0 heterocycles. The molecule has 78 valence electrons.